The van der Waals surface area contributed by atoms with Crippen LogP contribution < -0.4 is 9.47 Å². The molecule has 9 heteroatoms. The number of benzene rings is 3. The molecule has 0 radical (unpaired) electrons. The van der Waals surface area contributed by atoms with E-state index in [0.29, 0.717) is 11.3 Å². The van der Waals surface area contributed by atoms with Crippen LogP contribution in [0.4, 0.5) is 17.6 Å². The van der Waals surface area contributed by atoms with E-state index in [1.54, 1.807) is 18.2 Å². The van der Waals surface area contributed by atoms with Gasteiger partial charge in [0.2, 0.25) is 0 Å². The molecular weight excluding hydrogens is 442 g/mol. The molecule has 33 heavy (non-hydrogen) atoms. The van der Waals surface area contributed by atoms with Gasteiger partial charge in [-0.2, -0.15) is 13.2 Å². The Morgan fingerprint density at radius 1 is 0.970 bits per heavy atom. The van der Waals surface area contributed by atoms with Gasteiger partial charge < -0.3 is 19.1 Å². The summed E-state index contributed by atoms with van der Waals surface area (Å²) in [7, 11) is 1.44. The van der Waals surface area contributed by atoms with Crippen molar-refractivity contribution in [1.29, 1.82) is 0 Å². The van der Waals surface area contributed by atoms with Gasteiger partial charge in [0, 0.05) is 11.6 Å². The molecule has 1 aromatic heterocycles. The van der Waals surface area contributed by atoms with E-state index in [-0.39, 0.29) is 40.6 Å². The van der Waals surface area contributed by atoms with Gasteiger partial charge in [-0.3, -0.25) is 0 Å². The SMILES string of the molecule is COc1ccc(-c2c(C(F)(F)F)noc2-c2ccc(OCc3ccccc3F)cc2O)cc1. The van der Waals surface area contributed by atoms with Crippen LogP contribution in [0.5, 0.6) is 17.2 Å². The molecule has 0 aliphatic heterocycles. The molecule has 0 saturated heterocycles. The number of rotatable bonds is 6. The molecule has 0 unspecified atom stereocenters. The van der Waals surface area contributed by atoms with E-state index in [1.165, 1.54) is 55.6 Å². The molecular formula is C24H17F4NO4. The molecule has 0 bridgehead atoms. The molecule has 3 aromatic carbocycles. The Kier molecular flexibility index (Phi) is 5.95. The first-order valence-electron chi connectivity index (χ1n) is 9.69. The van der Waals surface area contributed by atoms with Gasteiger partial charge in [-0.05, 0) is 35.9 Å². The van der Waals surface area contributed by atoms with Crippen molar-refractivity contribution in [2.75, 3.05) is 7.11 Å². The summed E-state index contributed by atoms with van der Waals surface area (Å²) in [5.41, 5.74) is -1.06. The lowest BCUT2D eigenvalue weighted by molar-refractivity contribution is -0.142. The van der Waals surface area contributed by atoms with E-state index in [2.05, 4.69) is 5.16 Å². The number of aromatic hydroxyl groups is 1. The van der Waals surface area contributed by atoms with Crippen molar-refractivity contribution in [2.24, 2.45) is 0 Å². The fourth-order valence-electron chi connectivity index (χ4n) is 3.26. The predicted octanol–water partition coefficient (Wildman–Crippen LogP) is 6.46. The first kappa shape index (κ1) is 22.2. The van der Waals surface area contributed by atoms with E-state index >= 15 is 0 Å². The van der Waals surface area contributed by atoms with Crippen LogP contribution in [-0.2, 0) is 12.8 Å². The van der Waals surface area contributed by atoms with Gasteiger partial charge in [-0.15, -0.1) is 0 Å². The molecule has 0 spiro atoms. The number of phenols is 1. The minimum absolute atomic E-state index is 0.0120. The summed E-state index contributed by atoms with van der Waals surface area (Å²) in [6.07, 6.45) is -4.78. The molecule has 0 atom stereocenters. The minimum Gasteiger partial charge on any atom is -0.507 e. The van der Waals surface area contributed by atoms with Crippen molar-refractivity contribution in [1.82, 2.24) is 5.16 Å². The Balaban J connectivity index is 1.70. The van der Waals surface area contributed by atoms with Crippen LogP contribution in [0.2, 0.25) is 0 Å². The standard InChI is InChI=1S/C24H17F4NO4/c1-31-16-8-6-14(7-9-16)21-22(33-29-23(21)24(26,27)28)18-11-10-17(12-20(18)30)32-13-15-4-2-3-5-19(15)25/h2-12,30H,13H2,1H3. The largest absolute Gasteiger partial charge is 0.507 e. The molecule has 1 heterocycles. The van der Waals surface area contributed by atoms with Crippen LogP contribution >= 0.6 is 0 Å². The van der Waals surface area contributed by atoms with E-state index in [0.717, 1.165) is 0 Å². The summed E-state index contributed by atoms with van der Waals surface area (Å²) >= 11 is 0. The maximum atomic E-state index is 13.8. The third kappa shape index (κ3) is 4.62. The van der Waals surface area contributed by atoms with Gasteiger partial charge in [-0.1, -0.05) is 35.5 Å². The van der Waals surface area contributed by atoms with E-state index in [9.17, 15) is 22.7 Å². The number of hydrogen-bond acceptors (Lipinski definition) is 5. The second kappa shape index (κ2) is 8.85. The van der Waals surface area contributed by atoms with Gasteiger partial charge in [0.25, 0.3) is 0 Å². The predicted molar refractivity (Wildman–Crippen MR) is 111 cm³/mol. The molecule has 0 saturated carbocycles. The number of ether oxygens (including phenoxy) is 2. The molecule has 4 aromatic rings. The van der Waals surface area contributed by atoms with Crippen molar-refractivity contribution in [3.05, 3.63) is 83.8 Å². The maximum absolute atomic E-state index is 13.8. The zero-order valence-electron chi connectivity index (χ0n) is 17.2. The van der Waals surface area contributed by atoms with Gasteiger partial charge in [0.1, 0.15) is 29.7 Å². The lowest BCUT2D eigenvalue weighted by Gasteiger charge is -2.11. The zero-order chi connectivity index (χ0) is 23.6. The average molecular weight is 459 g/mol. The highest BCUT2D eigenvalue weighted by molar-refractivity contribution is 5.84. The summed E-state index contributed by atoms with van der Waals surface area (Å²) in [6, 6.07) is 15.9. The number of nitrogens with zero attached hydrogens (tertiary/aromatic N) is 1. The van der Waals surface area contributed by atoms with Crippen LogP contribution in [0.1, 0.15) is 11.3 Å². The lowest BCUT2D eigenvalue weighted by atomic mass is 9.98. The normalized spacial score (nSPS) is 11.4. The summed E-state index contributed by atoms with van der Waals surface area (Å²) in [6.45, 7) is -0.0942. The van der Waals surface area contributed by atoms with Crippen LogP contribution in [0, 0.1) is 5.82 Å². The number of hydrogen-bond donors (Lipinski definition) is 1. The highest BCUT2D eigenvalue weighted by Crippen LogP contribution is 2.45. The number of aromatic nitrogens is 1. The van der Waals surface area contributed by atoms with Gasteiger partial charge in [-0.25, -0.2) is 4.39 Å². The van der Waals surface area contributed by atoms with Crippen molar-refractivity contribution < 1.29 is 36.7 Å². The van der Waals surface area contributed by atoms with E-state index < -0.39 is 17.7 Å². The molecule has 4 rings (SSSR count). The Bertz CT molecular complexity index is 1270. The number of alkyl halides is 3. The van der Waals surface area contributed by atoms with Crippen molar-refractivity contribution in [3.63, 3.8) is 0 Å². The quantitative estimate of drug-likeness (QED) is 0.335. The van der Waals surface area contributed by atoms with Gasteiger partial charge in [0.05, 0.1) is 18.2 Å². The molecule has 0 fully saturated rings. The fourth-order valence-corrected chi connectivity index (χ4v) is 3.26. The summed E-state index contributed by atoms with van der Waals surface area (Å²) in [4.78, 5) is 0. The molecule has 170 valence electrons. The van der Waals surface area contributed by atoms with E-state index in [1.807, 2.05) is 0 Å². The van der Waals surface area contributed by atoms with Crippen molar-refractivity contribution in [3.8, 4) is 39.7 Å². The maximum Gasteiger partial charge on any atom is 0.437 e. The highest BCUT2D eigenvalue weighted by atomic mass is 19.4. The second-order valence-electron chi connectivity index (χ2n) is 7.02. The van der Waals surface area contributed by atoms with Crippen LogP contribution in [0.25, 0.3) is 22.5 Å². The average Bonchev–Trinajstić information content (AvgIpc) is 3.24. The molecule has 1 N–H and O–H groups in total. The minimum atomic E-state index is -4.78. The third-order valence-electron chi connectivity index (χ3n) is 4.91. The Morgan fingerprint density at radius 3 is 2.30 bits per heavy atom. The topological polar surface area (TPSA) is 64.7 Å². The number of phenolic OH excluding ortho intramolecular Hbond substituents is 1. The molecule has 0 amide bonds. The van der Waals surface area contributed by atoms with E-state index in [4.69, 9.17) is 14.0 Å². The van der Waals surface area contributed by atoms with Gasteiger partial charge in [0.15, 0.2) is 11.5 Å². The lowest BCUT2D eigenvalue weighted by Crippen LogP contribution is -2.07. The first-order valence-corrected chi connectivity index (χ1v) is 9.69. The first-order chi connectivity index (χ1) is 15.8. The molecule has 0 aliphatic rings. The van der Waals surface area contributed by atoms with Crippen LogP contribution in [0.3, 0.4) is 0 Å². The Morgan fingerprint density at radius 2 is 1.67 bits per heavy atom. The Labute approximate surface area is 185 Å². The van der Waals surface area contributed by atoms with Crippen LogP contribution in [0.15, 0.2) is 71.3 Å². The van der Waals surface area contributed by atoms with Crippen molar-refractivity contribution in [2.45, 2.75) is 12.8 Å². The zero-order valence-corrected chi connectivity index (χ0v) is 17.2. The summed E-state index contributed by atoms with van der Waals surface area (Å²) in [5, 5.41) is 13.7. The molecule has 5 nitrogen and oxygen atoms in total. The number of methoxy groups -OCH3 is 1. The fraction of sp³-hybridized carbons (Fsp3) is 0.125. The van der Waals surface area contributed by atoms with Gasteiger partial charge >= 0.3 is 6.18 Å². The third-order valence-corrected chi connectivity index (χ3v) is 4.91. The van der Waals surface area contributed by atoms with Crippen LogP contribution in [-0.4, -0.2) is 17.4 Å². The van der Waals surface area contributed by atoms with Crippen molar-refractivity contribution >= 4 is 0 Å². The molecule has 0 aliphatic carbocycles. The smallest absolute Gasteiger partial charge is 0.437 e. The Hall–Kier alpha value is -4.01. The highest BCUT2D eigenvalue weighted by Gasteiger charge is 2.40. The monoisotopic (exact) mass is 459 g/mol. The summed E-state index contributed by atoms with van der Waals surface area (Å²) < 4.78 is 70.2. The number of halogens is 4. The summed E-state index contributed by atoms with van der Waals surface area (Å²) in [5.74, 6) is -0.430. The second-order valence-corrected chi connectivity index (χ2v) is 7.02.